The zero-order chi connectivity index (χ0) is 13.9. The summed E-state index contributed by atoms with van der Waals surface area (Å²) in [5.74, 6) is 0. The summed E-state index contributed by atoms with van der Waals surface area (Å²) < 4.78 is 3.54. The second kappa shape index (κ2) is 4.93. The van der Waals surface area contributed by atoms with E-state index in [1.54, 1.807) is 23.1 Å². The van der Waals surface area contributed by atoms with Crippen molar-refractivity contribution in [2.75, 3.05) is 0 Å². The summed E-state index contributed by atoms with van der Waals surface area (Å²) in [5.41, 5.74) is 1.84. The van der Waals surface area contributed by atoms with Crippen molar-refractivity contribution in [1.29, 1.82) is 0 Å². The fraction of sp³-hybridized carbons (Fsp3) is 0. The minimum absolute atomic E-state index is 0.0665. The summed E-state index contributed by atoms with van der Waals surface area (Å²) in [7, 11) is 0. The van der Waals surface area contributed by atoms with Gasteiger partial charge in [0.2, 0.25) is 6.33 Å². The average Bonchev–Trinajstić information content (AvgIpc) is 2.98. The van der Waals surface area contributed by atoms with Crippen LogP contribution in [0.25, 0.3) is 11.4 Å². The normalized spacial score (nSPS) is 10.4. The van der Waals surface area contributed by atoms with E-state index in [1.165, 1.54) is 12.1 Å². The molecule has 3 rings (SSSR count). The van der Waals surface area contributed by atoms with Gasteiger partial charge in [-0.3, -0.25) is 10.1 Å². The zero-order valence-corrected chi connectivity index (χ0v) is 10.5. The lowest BCUT2D eigenvalue weighted by molar-refractivity contribution is -0.596. The Balaban J connectivity index is 1.92. The van der Waals surface area contributed by atoms with Gasteiger partial charge in [-0.2, -0.15) is 0 Å². The largest absolute Gasteiger partial charge is 0.270 e. The van der Waals surface area contributed by atoms with E-state index in [4.69, 9.17) is 0 Å². The lowest BCUT2D eigenvalue weighted by Crippen LogP contribution is -2.27. The Morgan fingerprint density at radius 1 is 1.05 bits per heavy atom. The van der Waals surface area contributed by atoms with Gasteiger partial charge < -0.3 is 0 Å². The van der Waals surface area contributed by atoms with Gasteiger partial charge in [0.15, 0.2) is 0 Å². The van der Waals surface area contributed by atoms with E-state index >= 15 is 0 Å². The van der Waals surface area contributed by atoms with E-state index < -0.39 is 4.92 Å². The van der Waals surface area contributed by atoms with E-state index in [-0.39, 0.29) is 5.69 Å². The smallest absolute Gasteiger partial charge is 0.258 e. The number of aromatic nitrogens is 3. The molecule has 6 nitrogen and oxygen atoms in total. The van der Waals surface area contributed by atoms with Crippen molar-refractivity contribution < 1.29 is 9.49 Å². The molecule has 0 N–H and O–H groups in total. The highest BCUT2D eigenvalue weighted by Crippen LogP contribution is 2.13. The molecule has 98 valence electrons. The van der Waals surface area contributed by atoms with Crippen molar-refractivity contribution in [3.63, 3.8) is 0 Å². The van der Waals surface area contributed by atoms with Crippen molar-refractivity contribution in [3.05, 3.63) is 77.4 Å². The van der Waals surface area contributed by atoms with Gasteiger partial charge in [-0.05, 0) is 24.3 Å². The zero-order valence-electron chi connectivity index (χ0n) is 10.5. The first-order valence-electron chi connectivity index (χ1n) is 6.00. The molecule has 1 heterocycles. The highest BCUT2D eigenvalue weighted by atomic mass is 16.6. The molecule has 1 aromatic heterocycles. The molecular weight excluding hydrogens is 256 g/mol. The number of benzene rings is 2. The maximum atomic E-state index is 10.6. The summed E-state index contributed by atoms with van der Waals surface area (Å²) in [6.07, 6.45) is 3.51. The molecule has 0 spiro atoms. The molecule has 20 heavy (non-hydrogen) atoms. The summed E-state index contributed by atoms with van der Waals surface area (Å²) in [5, 5.41) is 14.9. The Labute approximate surface area is 114 Å². The quantitative estimate of drug-likeness (QED) is 0.414. The average molecular weight is 267 g/mol. The van der Waals surface area contributed by atoms with Crippen molar-refractivity contribution >= 4 is 5.69 Å². The lowest BCUT2D eigenvalue weighted by Gasteiger charge is -1.94. The number of nitro groups is 1. The fourth-order valence-electron chi connectivity index (χ4n) is 1.88. The van der Waals surface area contributed by atoms with Gasteiger partial charge in [0.25, 0.3) is 12.0 Å². The SMILES string of the molecule is O=[N+]([O-])c1ccc(-n2c[n+](-c3ccccc3)cn2)cc1. The predicted octanol–water partition coefficient (Wildman–Crippen LogP) is 2.06. The monoisotopic (exact) mass is 267 g/mol. The first-order chi connectivity index (χ1) is 9.74. The molecule has 0 radical (unpaired) electrons. The Kier molecular flexibility index (Phi) is 2.96. The van der Waals surface area contributed by atoms with Gasteiger partial charge >= 0.3 is 0 Å². The van der Waals surface area contributed by atoms with Crippen LogP contribution in [-0.4, -0.2) is 14.7 Å². The van der Waals surface area contributed by atoms with Crippen molar-refractivity contribution in [1.82, 2.24) is 9.78 Å². The third-order valence-corrected chi connectivity index (χ3v) is 2.91. The van der Waals surface area contributed by atoms with Gasteiger partial charge in [0.1, 0.15) is 11.4 Å². The van der Waals surface area contributed by atoms with E-state index in [0.717, 1.165) is 11.4 Å². The Morgan fingerprint density at radius 3 is 2.40 bits per heavy atom. The fourth-order valence-corrected chi connectivity index (χ4v) is 1.88. The third-order valence-electron chi connectivity index (χ3n) is 2.91. The number of hydrogen-bond acceptors (Lipinski definition) is 3. The molecule has 0 aliphatic heterocycles. The number of non-ortho nitro benzene ring substituents is 1. The molecule has 0 saturated heterocycles. The number of rotatable bonds is 3. The topological polar surface area (TPSA) is 64.8 Å². The third kappa shape index (κ3) is 2.26. The summed E-state index contributed by atoms with van der Waals surface area (Å²) in [6.45, 7) is 0. The van der Waals surface area contributed by atoms with E-state index in [2.05, 4.69) is 5.10 Å². The number of nitro benzene ring substituents is 1. The Morgan fingerprint density at radius 2 is 1.75 bits per heavy atom. The lowest BCUT2D eigenvalue weighted by atomic mass is 10.3. The van der Waals surface area contributed by atoms with Crippen molar-refractivity contribution in [2.24, 2.45) is 0 Å². The molecule has 0 amide bonds. The van der Waals surface area contributed by atoms with E-state index in [9.17, 15) is 10.1 Å². The standard InChI is InChI=1S/C14H11N4O2/c19-18(20)14-8-6-13(7-9-14)17-11-16(10-15-17)12-4-2-1-3-5-12/h1-11H/q+1. The minimum atomic E-state index is -0.420. The summed E-state index contributed by atoms with van der Waals surface area (Å²) in [4.78, 5) is 10.2. The molecule has 0 aliphatic carbocycles. The molecule has 6 heteroatoms. The Bertz CT molecular complexity index is 735. The van der Waals surface area contributed by atoms with Gasteiger partial charge in [0, 0.05) is 17.2 Å². The van der Waals surface area contributed by atoms with Crippen LogP contribution in [-0.2, 0) is 0 Å². The highest BCUT2D eigenvalue weighted by molar-refractivity contribution is 5.39. The molecule has 0 bridgehead atoms. The van der Waals surface area contributed by atoms with Crippen molar-refractivity contribution in [2.45, 2.75) is 0 Å². The van der Waals surface area contributed by atoms with Crippen LogP contribution in [0, 0.1) is 10.1 Å². The van der Waals surface area contributed by atoms with Crippen LogP contribution in [0.1, 0.15) is 0 Å². The molecule has 0 aliphatic rings. The highest BCUT2D eigenvalue weighted by Gasteiger charge is 2.11. The van der Waals surface area contributed by atoms with Crippen LogP contribution in [0.3, 0.4) is 0 Å². The number of hydrogen-bond donors (Lipinski definition) is 0. The first-order valence-corrected chi connectivity index (χ1v) is 6.00. The second-order valence-electron chi connectivity index (χ2n) is 4.21. The van der Waals surface area contributed by atoms with E-state index in [1.807, 2.05) is 41.2 Å². The molecular formula is C14H11N4O2+. The van der Waals surface area contributed by atoms with Crippen LogP contribution in [0.5, 0.6) is 0 Å². The molecule has 3 aromatic rings. The minimum Gasteiger partial charge on any atom is -0.258 e. The van der Waals surface area contributed by atoms with Crippen LogP contribution in [0.2, 0.25) is 0 Å². The summed E-state index contributed by atoms with van der Waals surface area (Å²) >= 11 is 0. The molecule has 0 unspecified atom stereocenters. The predicted molar refractivity (Wildman–Crippen MR) is 71.8 cm³/mol. The van der Waals surface area contributed by atoms with Gasteiger partial charge in [0.05, 0.1) is 4.92 Å². The van der Waals surface area contributed by atoms with E-state index in [0.29, 0.717) is 0 Å². The van der Waals surface area contributed by atoms with Crippen LogP contribution in [0.15, 0.2) is 67.3 Å². The van der Waals surface area contributed by atoms with Crippen LogP contribution in [0.4, 0.5) is 5.69 Å². The molecule has 2 aromatic carbocycles. The first kappa shape index (κ1) is 12.0. The molecule has 0 saturated carbocycles. The van der Waals surface area contributed by atoms with Crippen molar-refractivity contribution in [3.8, 4) is 11.4 Å². The second-order valence-corrected chi connectivity index (χ2v) is 4.21. The maximum Gasteiger partial charge on any atom is 0.270 e. The van der Waals surface area contributed by atoms with Gasteiger partial charge in [-0.25, -0.2) is 4.57 Å². The number of nitrogens with zero attached hydrogens (tertiary/aromatic N) is 4. The van der Waals surface area contributed by atoms with Gasteiger partial charge in [-0.1, -0.05) is 22.9 Å². The maximum absolute atomic E-state index is 10.6. The number of para-hydroxylation sites is 1. The van der Waals surface area contributed by atoms with Gasteiger partial charge in [-0.15, -0.1) is 0 Å². The van der Waals surface area contributed by atoms with Crippen LogP contribution < -0.4 is 4.57 Å². The molecule has 0 atom stereocenters. The molecule has 0 fully saturated rings. The Hall–Kier alpha value is -3.02. The van der Waals surface area contributed by atoms with Crippen LogP contribution >= 0.6 is 0 Å². The summed E-state index contributed by atoms with van der Waals surface area (Å²) in [6, 6.07) is 16.1.